The highest BCUT2D eigenvalue weighted by Crippen LogP contribution is 2.38. The quantitative estimate of drug-likeness (QED) is 0.644. The van der Waals surface area contributed by atoms with Crippen LogP contribution < -0.4 is 24.8 Å². The minimum absolute atomic E-state index is 0.169. The number of rotatable bonds is 9. The second-order valence-corrected chi connectivity index (χ2v) is 6.06. The van der Waals surface area contributed by atoms with Gasteiger partial charge in [0, 0.05) is 23.4 Å². The Bertz CT molecular complexity index is 810. The molecule has 0 unspecified atom stereocenters. The van der Waals surface area contributed by atoms with Crippen LogP contribution in [-0.2, 0) is 0 Å². The van der Waals surface area contributed by atoms with Gasteiger partial charge in [-0.3, -0.25) is 9.59 Å². The van der Waals surface area contributed by atoms with Crippen LogP contribution in [-0.4, -0.2) is 39.7 Å². The molecule has 0 radical (unpaired) electrons. The molecule has 2 aromatic carbocycles. The molecule has 2 N–H and O–H groups in total. The van der Waals surface area contributed by atoms with Crippen LogP contribution in [0.2, 0.25) is 0 Å². The predicted octanol–water partition coefficient (Wildman–Crippen LogP) is 3.49. The third-order valence-electron chi connectivity index (χ3n) is 4.13. The molecule has 0 heterocycles. The Kier molecular flexibility index (Phi) is 7.68. The van der Waals surface area contributed by atoms with E-state index in [2.05, 4.69) is 17.6 Å². The zero-order valence-electron chi connectivity index (χ0n) is 16.6. The van der Waals surface area contributed by atoms with Crippen molar-refractivity contribution in [1.29, 1.82) is 0 Å². The van der Waals surface area contributed by atoms with Gasteiger partial charge in [-0.05, 0) is 36.8 Å². The summed E-state index contributed by atoms with van der Waals surface area (Å²) in [5.41, 5.74) is 1.34. The number of carbonyl (C=O) groups excluding carboxylic acids is 2. The van der Waals surface area contributed by atoms with Crippen LogP contribution in [0.25, 0.3) is 0 Å². The molecule has 0 aliphatic carbocycles. The number of benzene rings is 2. The number of anilines is 1. The number of hydrogen-bond donors (Lipinski definition) is 2. The Labute approximate surface area is 165 Å². The molecule has 7 nitrogen and oxygen atoms in total. The highest BCUT2D eigenvalue weighted by Gasteiger charge is 2.17. The molecule has 0 atom stereocenters. The van der Waals surface area contributed by atoms with Crippen molar-refractivity contribution in [2.24, 2.45) is 0 Å². The average Bonchev–Trinajstić information content (AvgIpc) is 2.72. The van der Waals surface area contributed by atoms with E-state index in [-0.39, 0.29) is 11.8 Å². The minimum Gasteiger partial charge on any atom is -0.493 e. The molecule has 2 rings (SSSR count). The van der Waals surface area contributed by atoms with Crippen LogP contribution in [0.1, 0.15) is 40.5 Å². The van der Waals surface area contributed by atoms with E-state index >= 15 is 0 Å². The Hall–Kier alpha value is -3.22. The smallest absolute Gasteiger partial charge is 0.255 e. The molecule has 28 heavy (non-hydrogen) atoms. The highest BCUT2D eigenvalue weighted by atomic mass is 16.5. The van der Waals surface area contributed by atoms with E-state index in [0.29, 0.717) is 40.6 Å². The van der Waals surface area contributed by atoms with E-state index in [1.165, 1.54) is 21.3 Å². The molecule has 0 aromatic heterocycles. The van der Waals surface area contributed by atoms with Gasteiger partial charge < -0.3 is 24.8 Å². The lowest BCUT2D eigenvalue weighted by molar-refractivity contribution is 0.0951. The molecule has 0 bridgehead atoms. The summed E-state index contributed by atoms with van der Waals surface area (Å²) < 4.78 is 15.8. The second kappa shape index (κ2) is 10.2. The van der Waals surface area contributed by atoms with E-state index < -0.39 is 0 Å². The maximum Gasteiger partial charge on any atom is 0.255 e. The van der Waals surface area contributed by atoms with E-state index in [4.69, 9.17) is 14.2 Å². The third kappa shape index (κ3) is 5.16. The summed E-state index contributed by atoms with van der Waals surface area (Å²) in [7, 11) is 4.47. The van der Waals surface area contributed by atoms with Crippen molar-refractivity contribution in [2.75, 3.05) is 33.2 Å². The summed E-state index contributed by atoms with van der Waals surface area (Å²) in [4.78, 5) is 24.9. The Balaban J connectivity index is 2.19. The van der Waals surface area contributed by atoms with Crippen LogP contribution >= 0.6 is 0 Å². The SMILES string of the molecule is CCCCNC(=O)c1cccc(NC(=O)c2cc(OC)c(OC)c(OC)c2)c1. The van der Waals surface area contributed by atoms with Gasteiger partial charge in [0.1, 0.15) is 0 Å². The monoisotopic (exact) mass is 386 g/mol. The van der Waals surface area contributed by atoms with E-state index in [0.717, 1.165) is 12.8 Å². The van der Waals surface area contributed by atoms with Crippen molar-refractivity contribution in [3.05, 3.63) is 47.5 Å². The molecule has 0 fully saturated rings. The van der Waals surface area contributed by atoms with E-state index in [1.54, 1.807) is 36.4 Å². The van der Waals surface area contributed by atoms with Crippen LogP contribution in [0.3, 0.4) is 0 Å². The number of carbonyl (C=O) groups is 2. The Morgan fingerprint density at radius 1 is 0.893 bits per heavy atom. The standard InChI is InChI=1S/C21H26N2O5/c1-5-6-10-22-20(24)14-8-7-9-16(11-14)23-21(25)15-12-17(26-2)19(28-4)18(13-15)27-3/h7-9,11-13H,5-6,10H2,1-4H3,(H,22,24)(H,23,25). The molecule has 2 amide bonds. The molecule has 0 aliphatic heterocycles. The zero-order valence-corrected chi connectivity index (χ0v) is 16.6. The van der Waals surface area contributed by atoms with Crippen molar-refractivity contribution in [1.82, 2.24) is 5.32 Å². The summed E-state index contributed by atoms with van der Waals surface area (Å²) in [6.45, 7) is 2.68. The van der Waals surface area contributed by atoms with Crippen LogP contribution in [0.15, 0.2) is 36.4 Å². The maximum absolute atomic E-state index is 12.7. The highest BCUT2D eigenvalue weighted by molar-refractivity contribution is 6.06. The maximum atomic E-state index is 12.7. The molecule has 150 valence electrons. The van der Waals surface area contributed by atoms with Gasteiger partial charge in [-0.25, -0.2) is 0 Å². The fourth-order valence-corrected chi connectivity index (χ4v) is 2.63. The Morgan fingerprint density at radius 3 is 2.14 bits per heavy atom. The molecular weight excluding hydrogens is 360 g/mol. The molecule has 7 heteroatoms. The normalized spacial score (nSPS) is 10.1. The molecule has 0 aliphatic rings. The van der Waals surface area contributed by atoms with Crippen molar-refractivity contribution < 1.29 is 23.8 Å². The van der Waals surface area contributed by atoms with Crippen molar-refractivity contribution in [3.8, 4) is 17.2 Å². The molecule has 0 saturated heterocycles. The molecule has 0 spiro atoms. The largest absolute Gasteiger partial charge is 0.493 e. The first-order valence-electron chi connectivity index (χ1n) is 9.03. The first kappa shape index (κ1) is 21.1. The van der Waals surface area contributed by atoms with Gasteiger partial charge in [-0.1, -0.05) is 19.4 Å². The fraction of sp³-hybridized carbons (Fsp3) is 0.333. The number of amides is 2. The number of unbranched alkanes of at least 4 members (excludes halogenated alkanes) is 1. The van der Waals surface area contributed by atoms with Gasteiger partial charge in [0.05, 0.1) is 21.3 Å². The number of nitrogens with one attached hydrogen (secondary N) is 2. The first-order chi connectivity index (χ1) is 13.5. The number of hydrogen-bond acceptors (Lipinski definition) is 5. The summed E-state index contributed by atoms with van der Waals surface area (Å²) in [5.74, 6) is 0.652. The summed E-state index contributed by atoms with van der Waals surface area (Å²) in [6.07, 6.45) is 1.93. The predicted molar refractivity (Wildman–Crippen MR) is 108 cm³/mol. The molecule has 2 aromatic rings. The topological polar surface area (TPSA) is 85.9 Å². The first-order valence-corrected chi connectivity index (χ1v) is 9.03. The van der Waals surface area contributed by atoms with Gasteiger partial charge >= 0.3 is 0 Å². The summed E-state index contributed by atoms with van der Waals surface area (Å²) in [6, 6.07) is 9.92. The van der Waals surface area contributed by atoms with Crippen LogP contribution in [0.4, 0.5) is 5.69 Å². The molecule has 0 saturated carbocycles. The van der Waals surface area contributed by atoms with Crippen molar-refractivity contribution in [3.63, 3.8) is 0 Å². The number of ether oxygens (including phenoxy) is 3. The average molecular weight is 386 g/mol. The van der Waals surface area contributed by atoms with E-state index in [9.17, 15) is 9.59 Å². The van der Waals surface area contributed by atoms with Crippen LogP contribution in [0.5, 0.6) is 17.2 Å². The lowest BCUT2D eigenvalue weighted by Gasteiger charge is -2.14. The summed E-state index contributed by atoms with van der Waals surface area (Å²) >= 11 is 0. The van der Waals surface area contributed by atoms with Gasteiger partial charge in [-0.2, -0.15) is 0 Å². The minimum atomic E-state index is -0.359. The zero-order chi connectivity index (χ0) is 20.5. The lowest BCUT2D eigenvalue weighted by Crippen LogP contribution is -2.24. The van der Waals surface area contributed by atoms with Gasteiger partial charge in [0.2, 0.25) is 5.75 Å². The lowest BCUT2D eigenvalue weighted by atomic mass is 10.1. The van der Waals surface area contributed by atoms with Gasteiger partial charge in [-0.15, -0.1) is 0 Å². The Morgan fingerprint density at radius 2 is 1.57 bits per heavy atom. The molecular formula is C21H26N2O5. The van der Waals surface area contributed by atoms with Crippen molar-refractivity contribution in [2.45, 2.75) is 19.8 Å². The van der Waals surface area contributed by atoms with Crippen LogP contribution in [0, 0.1) is 0 Å². The summed E-state index contributed by atoms with van der Waals surface area (Å²) in [5, 5.41) is 5.65. The van der Waals surface area contributed by atoms with Gasteiger partial charge in [0.15, 0.2) is 11.5 Å². The van der Waals surface area contributed by atoms with Gasteiger partial charge in [0.25, 0.3) is 11.8 Å². The van der Waals surface area contributed by atoms with E-state index in [1.807, 2.05) is 0 Å². The second-order valence-electron chi connectivity index (χ2n) is 6.06. The fourth-order valence-electron chi connectivity index (χ4n) is 2.63. The van der Waals surface area contributed by atoms with Crippen molar-refractivity contribution >= 4 is 17.5 Å². The number of methoxy groups -OCH3 is 3. The third-order valence-corrected chi connectivity index (χ3v) is 4.13.